The number of fused-ring (bicyclic) bond motifs is 2. The lowest BCUT2D eigenvalue weighted by atomic mass is 9.71. The molecule has 0 saturated carbocycles. The van der Waals surface area contributed by atoms with E-state index in [1.165, 1.54) is 10.8 Å². The van der Waals surface area contributed by atoms with Crippen LogP contribution in [0.15, 0.2) is 61.2 Å². The van der Waals surface area contributed by atoms with Crippen LogP contribution in [0.25, 0.3) is 34.1 Å². The molecule has 3 aromatic rings. The number of allylic oxidation sites excluding steroid dienone is 1. The molecule has 0 atom stereocenters. The van der Waals surface area contributed by atoms with E-state index in [9.17, 15) is 10.0 Å². The summed E-state index contributed by atoms with van der Waals surface area (Å²) in [5.74, 6) is 0. The van der Waals surface area contributed by atoms with Crippen LogP contribution < -0.4 is 5.46 Å². The normalized spacial score (nSPS) is 12.4. The highest BCUT2D eigenvalue weighted by Gasteiger charge is 2.25. The molecule has 0 amide bonds. The number of hydrogen-bond donors (Lipinski definition) is 2. The first-order valence-corrected chi connectivity index (χ1v) is 8.03. The summed E-state index contributed by atoms with van der Waals surface area (Å²) in [6, 6.07) is 16.7. The fourth-order valence-electron chi connectivity index (χ4n) is 3.56. The molecule has 0 radical (unpaired) electrons. The average Bonchev–Trinajstić information content (AvgIpc) is 3.08. The van der Waals surface area contributed by atoms with Crippen molar-refractivity contribution in [3.8, 4) is 11.1 Å². The summed E-state index contributed by atoms with van der Waals surface area (Å²) in [7, 11) is -1.50. The van der Waals surface area contributed by atoms with Crippen LogP contribution in [0.3, 0.4) is 0 Å². The van der Waals surface area contributed by atoms with Crippen LogP contribution in [0.1, 0.15) is 16.7 Å². The monoisotopic (exact) mass is 312 g/mol. The first-order chi connectivity index (χ1) is 11.7. The second-order valence-corrected chi connectivity index (χ2v) is 6.07. The summed E-state index contributed by atoms with van der Waals surface area (Å²) >= 11 is 0. The Morgan fingerprint density at radius 2 is 1.79 bits per heavy atom. The maximum absolute atomic E-state index is 9.78. The van der Waals surface area contributed by atoms with Gasteiger partial charge in [0.1, 0.15) is 0 Å². The van der Waals surface area contributed by atoms with Gasteiger partial charge in [0.15, 0.2) is 0 Å². The molecule has 1 aliphatic rings. The highest BCUT2D eigenvalue weighted by atomic mass is 16.4. The lowest BCUT2D eigenvalue weighted by molar-refractivity contribution is 0.425. The quantitative estimate of drug-likeness (QED) is 0.728. The van der Waals surface area contributed by atoms with Crippen LogP contribution in [0.4, 0.5) is 0 Å². The molecular weight excluding hydrogens is 295 g/mol. The van der Waals surface area contributed by atoms with E-state index in [0.29, 0.717) is 5.46 Å². The van der Waals surface area contributed by atoms with Gasteiger partial charge in [-0.15, -0.1) is 0 Å². The van der Waals surface area contributed by atoms with Crippen LogP contribution in [0.5, 0.6) is 0 Å². The standard InChI is InChI=1S/C21H17BO2/c1-2-14-13-20(18-8-5-9-19(18)21(14)22(23)24)17-11-10-15-6-3-4-7-16(15)12-17/h2-7,9-13,23-24H,1,8H2. The number of benzene rings is 3. The molecule has 0 aliphatic heterocycles. The molecule has 0 aromatic heterocycles. The van der Waals surface area contributed by atoms with Gasteiger partial charge in [-0.05, 0) is 62.6 Å². The smallest absolute Gasteiger partial charge is 0.423 e. The Hall–Kier alpha value is -2.62. The minimum atomic E-state index is -1.50. The molecule has 0 spiro atoms. The molecule has 2 nitrogen and oxygen atoms in total. The summed E-state index contributed by atoms with van der Waals surface area (Å²) in [6.07, 6.45) is 6.52. The van der Waals surface area contributed by atoms with Crippen molar-refractivity contribution in [3.63, 3.8) is 0 Å². The largest absolute Gasteiger partial charge is 0.489 e. The Morgan fingerprint density at radius 1 is 1.00 bits per heavy atom. The number of hydrogen-bond acceptors (Lipinski definition) is 2. The molecule has 0 unspecified atom stereocenters. The van der Waals surface area contributed by atoms with Gasteiger partial charge in [0, 0.05) is 0 Å². The Bertz CT molecular complexity index is 987. The maximum atomic E-state index is 9.78. The molecule has 0 heterocycles. The summed E-state index contributed by atoms with van der Waals surface area (Å²) in [5, 5.41) is 22.0. The van der Waals surface area contributed by atoms with Gasteiger partial charge in [-0.1, -0.05) is 61.2 Å². The zero-order valence-corrected chi connectivity index (χ0v) is 13.2. The molecule has 4 rings (SSSR count). The molecule has 0 fully saturated rings. The minimum absolute atomic E-state index is 0.540. The van der Waals surface area contributed by atoms with Gasteiger partial charge in [-0.2, -0.15) is 0 Å². The second kappa shape index (κ2) is 5.79. The van der Waals surface area contributed by atoms with E-state index in [2.05, 4.69) is 43.0 Å². The van der Waals surface area contributed by atoms with E-state index in [-0.39, 0.29) is 0 Å². The van der Waals surface area contributed by atoms with E-state index in [4.69, 9.17) is 0 Å². The molecule has 3 heteroatoms. The molecule has 0 saturated heterocycles. The van der Waals surface area contributed by atoms with Crippen molar-refractivity contribution in [3.05, 3.63) is 77.9 Å². The van der Waals surface area contributed by atoms with Gasteiger partial charge in [0.25, 0.3) is 0 Å². The van der Waals surface area contributed by atoms with Crippen molar-refractivity contribution in [1.29, 1.82) is 0 Å². The van der Waals surface area contributed by atoms with Crippen molar-refractivity contribution in [2.45, 2.75) is 6.42 Å². The van der Waals surface area contributed by atoms with E-state index in [1.807, 2.05) is 24.3 Å². The van der Waals surface area contributed by atoms with Crippen LogP contribution in [0, 0.1) is 0 Å². The fourth-order valence-corrected chi connectivity index (χ4v) is 3.56. The zero-order chi connectivity index (χ0) is 16.7. The molecule has 0 bridgehead atoms. The van der Waals surface area contributed by atoms with Gasteiger partial charge >= 0.3 is 7.12 Å². The van der Waals surface area contributed by atoms with E-state index in [1.54, 1.807) is 6.08 Å². The SMILES string of the molecule is C=Cc1cc(-c2ccc3ccccc3c2)c2c(c1B(O)O)C=CC2. The molecule has 24 heavy (non-hydrogen) atoms. The van der Waals surface area contributed by atoms with Crippen molar-refractivity contribution < 1.29 is 10.0 Å². The summed E-state index contributed by atoms with van der Waals surface area (Å²) in [6.45, 7) is 3.84. The molecule has 1 aliphatic carbocycles. The third kappa shape index (κ3) is 2.30. The minimum Gasteiger partial charge on any atom is -0.423 e. The predicted octanol–water partition coefficient (Wildman–Crippen LogP) is 3.40. The Morgan fingerprint density at radius 3 is 2.54 bits per heavy atom. The van der Waals surface area contributed by atoms with Gasteiger partial charge < -0.3 is 10.0 Å². The van der Waals surface area contributed by atoms with Gasteiger partial charge in [-0.3, -0.25) is 0 Å². The predicted molar refractivity (Wildman–Crippen MR) is 102 cm³/mol. The summed E-state index contributed by atoms with van der Waals surface area (Å²) < 4.78 is 0. The lowest BCUT2D eigenvalue weighted by Gasteiger charge is -2.17. The third-order valence-corrected chi connectivity index (χ3v) is 4.70. The highest BCUT2D eigenvalue weighted by molar-refractivity contribution is 6.60. The second-order valence-electron chi connectivity index (χ2n) is 6.07. The average molecular weight is 312 g/mol. The Balaban J connectivity index is 1.98. The van der Waals surface area contributed by atoms with Crippen molar-refractivity contribution >= 4 is 35.5 Å². The van der Waals surface area contributed by atoms with Crippen LogP contribution >= 0.6 is 0 Å². The van der Waals surface area contributed by atoms with Crippen LogP contribution in [-0.4, -0.2) is 17.2 Å². The van der Waals surface area contributed by atoms with Gasteiger partial charge in [0.05, 0.1) is 0 Å². The van der Waals surface area contributed by atoms with Crippen molar-refractivity contribution in [1.82, 2.24) is 0 Å². The van der Waals surface area contributed by atoms with Crippen molar-refractivity contribution in [2.24, 2.45) is 0 Å². The third-order valence-electron chi connectivity index (χ3n) is 4.70. The summed E-state index contributed by atoms with van der Waals surface area (Å²) in [5.41, 5.74) is 5.61. The van der Waals surface area contributed by atoms with Gasteiger partial charge in [-0.25, -0.2) is 0 Å². The maximum Gasteiger partial charge on any atom is 0.489 e. The Labute approximate surface area is 141 Å². The van der Waals surface area contributed by atoms with Gasteiger partial charge in [0.2, 0.25) is 0 Å². The molecule has 3 aromatic carbocycles. The Kier molecular flexibility index (Phi) is 3.60. The van der Waals surface area contributed by atoms with E-state index in [0.717, 1.165) is 34.2 Å². The highest BCUT2D eigenvalue weighted by Crippen LogP contribution is 2.33. The topological polar surface area (TPSA) is 40.5 Å². The van der Waals surface area contributed by atoms with E-state index >= 15 is 0 Å². The van der Waals surface area contributed by atoms with Crippen molar-refractivity contribution in [2.75, 3.05) is 0 Å². The van der Waals surface area contributed by atoms with Crippen LogP contribution in [0.2, 0.25) is 0 Å². The fraction of sp³-hybridized carbons (Fsp3) is 0.0476. The molecule has 2 N–H and O–H groups in total. The molecular formula is C21H17BO2. The zero-order valence-electron chi connectivity index (χ0n) is 13.2. The lowest BCUT2D eigenvalue weighted by Crippen LogP contribution is -2.35. The van der Waals surface area contributed by atoms with E-state index < -0.39 is 7.12 Å². The number of rotatable bonds is 3. The van der Waals surface area contributed by atoms with Crippen LogP contribution in [-0.2, 0) is 6.42 Å². The molecule has 116 valence electrons. The first-order valence-electron chi connectivity index (χ1n) is 8.03. The first kappa shape index (κ1) is 14.9. The summed E-state index contributed by atoms with van der Waals surface area (Å²) in [4.78, 5) is 0.